The van der Waals surface area contributed by atoms with E-state index in [2.05, 4.69) is 10.6 Å². The van der Waals surface area contributed by atoms with Crippen molar-refractivity contribution < 1.29 is 13.9 Å². The molecule has 5 heteroatoms. The van der Waals surface area contributed by atoms with Gasteiger partial charge in [0.25, 0.3) is 0 Å². The second kappa shape index (κ2) is 3.70. The van der Waals surface area contributed by atoms with Crippen LogP contribution in [0.15, 0.2) is 18.2 Å². The summed E-state index contributed by atoms with van der Waals surface area (Å²) in [5.41, 5.74) is 0.661. The summed E-state index contributed by atoms with van der Waals surface area (Å²) in [5.74, 6) is -0.312. The molecule has 1 aromatic rings. The van der Waals surface area contributed by atoms with E-state index in [-0.39, 0.29) is 5.82 Å². The Bertz CT molecular complexity index is 470. The van der Waals surface area contributed by atoms with E-state index in [1.807, 2.05) is 0 Å². The van der Waals surface area contributed by atoms with E-state index in [0.717, 1.165) is 24.9 Å². The van der Waals surface area contributed by atoms with Crippen LogP contribution in [0.2, 0.25) is 0 Å². The summed E-state index contributed by atoms with van der Waals surface area (Å²) in [6.45, 7) is 1.44. The Balaban J connectivity index is 2.11. The third-order valence-electron chi connectivity index (χ3n) is 3.34. The molecule has 1 fully saturated rings. The van der Waals surface area contributed by atoms with Crippen molar-refractivity contribution in [1.82, 2.24) is 5.32 Å². The fourth-order valence-corrected chi connectivity index (χ4v) is 2.56. The second-order valence-electron chi connectivity index (χ2n) is 4.48. The molecule has 3 rings (SSSR count). The zero-order chi connectivity index (χ0) is 11.9. The van der Waals surface area contributed by atoms with E-state index in [9.17, 15) is 9.18 Å². The van der Waals surface area contributed by atoms with Crippen LogP contribution < -0.4 is 10.6 Å². The zero-order valence-corrected chi connectivity index (χ0v) is 9.25. The lowest BCUT2D eigenvalue weighted by atomic mass is 9.84. The van der Waals surface area contributed by atoms with Gasteiger partial charge in [-0.15, -0.1) is 0 Å². The first-order chi connectivity index (χ1) is 8.20. The molecule has 1 spiro atoms. The molecule has 1 amide bonds. The van der Waals surface area contributed by atoms with E-state index in [1.54, 1.807) is 6.07 Å². The summed E-state index contributed by atoms with van der Waals surface area (Å²) in [6.07, 6.45) is 1.17. The van der Waals surface area contributed by atoms with E-state index in [1.165, 1.54) is 12.1 Å². The Morgan fingerprint density at radius 2 is 2.29 bits per heavy atom. The number of anilines is 1. The Hall–Kier alpha value is -1.62. The Morgan fingerprint density at radius 1 is 1.41 bits per heavy atom. The number of rotatable bonds is 0. The Labute approximate surface area is 98.1 Å². The van der Waals surface area contributed by atoms with Crippen LogP contribution in [-0.2, 0) is 10.3 Å². The van der Waals surface area contributed by atoms with Gasteiger partial charge in [0, 0.05) is 12.1 Å². The maximum Gasteiger partial charge on any atom is 0.412 e. The second-order valence-corrected chi connectivity index (χ2v) is 4.48. The summed E-state index contributed by atoms with van der Waals surface area (Å²) in [7, 11) is 0. The monoisotopic (exact) mass is 236 g/mol. The molecule has 0 saturated carbocycles. The average molecular weight is 236 g/mol. The first-order valence-electron chi connectivity index (χ1n) is 5.70. The topological polar surface area (TPSA) is 50.4 Å². The van der Waals surface area contributed by atoms with Gasteiger partial charge in [0.1, 0.15) is 5.82 Å². The largest absolute Gasteiger partial charge is 0.436 e. The standard InChI is InChI=1S/C12H13FN2O2/c13-8-2-3-10-9(6-8)12(17-11(16)15-10)4-1-5-14-7-12/h2-3,6,14H,1,4-5,7H2,(H,15,16). The van der Waals surface area contributed by atoms with Gasteiger partial charge < -0.3 is 10.1 Å². The molecule has 1 atom stereocenters. The first-order valence-corrected chi connectivity index (χ1v) is 5.70. The predicted molar refractivity (Wildman–Crippen MR) is 60.3 cm³/mol. The van der Waals surface area contributed by atoms with Crippen molar-refractivity contribution in [3.05, 3.63) is 29.6 Å². The number of amides is 1. The van der Waals surface area contributed by atoms with Crippen LogP contribution in [0.1, 0.15) is 18.4 Å². The van der Waals surface area contributed by atoms with Gasteiger partial charge in [-0.1, -0.05) is 0 Å². The fourth-order valence-electron chi connectivity index (χ4n) is 2.56. The van der Waals surface area contributed by atoms with Crippen LogP contribution in [0.25, 0.3) is 0 Å². The number of fused-ring (bicyclic) bond motifs is 2. The zero-order valence-electron chi connectivity index (χ0n) is 9.25. The highest BCUT2D eigenvalue weighted by Gasteiger charge is 2.43. The lowest BCUT2D eigenvalue weighted by molar-refractivity contribution is -0.00747. The molecule has 17 heavy (non-hydrogen) atoms. The molecular weight excluding hydrogens is 223 g/mol. The quantitative estimate of drug-likeness (QED) is 0.724. The van der Waals surface area contributed by atoms with Gasteiger partial charge in [-0.25, -0.2) is 9.18 Å². The highest BCUT2D eigenvalue weighted by molar-refractivity contribution is 5.88. The molecule has 0 aliphatic carbocycles. The first kappa shape index (κ1) is 10.5. The molecule has 1 saturated heterocycles. The van der Waals surface area contributed by atoms with E-state index in [0.29, 0.717) is 12.2 Å². The van der Waals surface area contributed by atoms with E-state index >= 15 is 0 Å². The number of carbonyl (C=O) groups is 1. The van der Waals surface area contributed by atoms with Crippen molar-refractivity contribution in [1.29, 1.82) is 0 Å². The van der Waals surface area contributed by atoms with Crippen molar-refractivity contribution in [3.8, 4) is 0 Å². The van der Waals surface area contributed by atoms with Gasteiger partial charge in [0.2, 0.25) is 0 Å². The minimum atomic E-state index is -0.710. The third-order valence-corrected chi connectivity index (χ3v) is 3.34. The van der Waals surface area contributed by atoms with Crippen molar-refractivity contribution in [3.63, 3.8) is 0 Å². The summed E-state index contributed by atoms with van der Waals surface area (Å²) >= 11 is 0. The van der Waals surface area contributed by atoms with Crippen LogP contribution in [0.4, 0.5) is 14.9 Å². The molecule has 2 aliphatic heterocycles. The van der Waals surface area contributed by atoms with Crippen LogP contribution in [0.5, 0.6) is 0 Å². The van der Waals surface area contributed by atoms with Gasteiger partial charge in [-0.05, 0) is 37.6 Å². The summed E-state index contributed by atoms with van der Waals surface area (Å²) in [6, 6.07) is 4.37. The molecule has 2 aliphatic rings. The van der Waals surface area contributed by atoms with Gasteiger partial charge in [0.05, 0.1) is 5.69 Å². The van der Waals surface area contributed by atoms with Crippen LogP contribution in [0, 0.1) is 5.82 Å². The lowest BCUT2D eigenvalue weighted by Crippen LogP contribution is -2.49. The molecule has 1 unspecified atom stereocenters. The van der Waals surface area contributed by atoms with Gasteiger partial charge in [0.15, 0.2) is 5.60 Å². The van der Waals surface area contributed by atoms with E-state index in [4.69, 9.17) is 4.74 Å². The number of hydrogen-bond donors (Lipinski definition) is 2. The van der Waals surface area contributed by atoms with Crippen molar-refractivity contribution in [2.24, 2.45) is 0 Å². The van der Waals surface area contributed by atoms with Crippen molar-refractivity contribution in [2.45, 2.75) is 18.4 Å². The lowest BCUT2D eigenvalue weighted by Gasteiger charge is -2.41. The highest BCUT2D eigenvalue weighted by atomic mass is 19.1. The summed E-state index contributed by atoms with van der Waals surface area (Å²) < 4.78 is 18.8. The SMILES string of the molecule is O=C1Nc2ccc(F)cc2C2(CCCNC2)O1. The number of carbonyl (C=O) groups excluding carboxylic acids is 1. The minimum absolute atomic E-state index is 0.312. The maximum absolute atomic E-state index is 13.3. The molecule has 90 valence electrons. The van der Waals surface area contributed by atoms with Crippen LogP contribution in [0.3, 0.4) is 0 Å². The predicted octanol–water partition coefficient (Wildman–Crippen LogP) is 1.97. The minimum Gasteiger partial charge on any atom is -0.436 e. The maximum atomic E-state index is 13.3. The summed E-state index contributed by atoms with van der Waals surface area (Å²) in [5, 5.41) is 5.80. The molecular formula is C12H13FN2O2. The number of halogens is 1. The number of hydrogen-bond acceptors (Lipinski definition) is 3. The van der Waals surface area contributed by atoms with Crippen LogP contribution >= 0.6 is 0 Å². The van der Waals surface area contributed by atoms with Gasteiger partial charge >= 0.3 is 6.09 Å². The normalized spacial score (nSPS) is 27.2. The fraction of sp³-hybridized carbons (Fsp3) is 0.417. The number of nitrogens with one attached hydrogen (secondary N) is 2. The molecule has 0 bridgehead atoms. The molecule has 2 N–H and O–H groups in total. The van der Waals surface area contributed by atoms with Crippen molar-refractivity contribution >= 4 is 11.8 Å². The molecule has 0 radical (unpaired) electrons. The van der Waals surface area contributed by atoms with Crippen molar-refractivity contribution in [2.75, 3.05) is 18.4 Å². The smallest absolute Gasteiger partial charge is 0.412 e. The number of benzene rings is 1. The average Bonchev–Trinajstić information content (AvgIpc) is 2.31. The third kappa shape index (κ3) is 1.67. The number of ether oxygens (including phenoxy) is 1. The molecule has 4 nitrogen and oxygen atoms in total. The van der Waals surface area contributed by atoms with E-state index < -0.39 is 11.7 Å². The van der Waals surface area contributed by atoms with Gasteiger partial charge in [-0.3, -0.25) is 5.32 Å². The summed E-state index contributed by atoms with van der Waals surface area (Å²) in [4.78, 5) is 11.5. The Morgan fingerprint density at radius 3 is 3.06 bits per heavy atom. The van der Waals surface area contributed by atoms with Crippen LogP contribution in [-0.4, -0.2) is 19.2 Å². The number of piperidine rings is 1. The molecule has 0 aromatic heterocycles. The van der Waals surface area contributed by atoms with Gasteiger partial charge in [-0.2, -0.15) is 0 Å². The Kier molecular flexibility index (Phi) is 2.29. The molecule has 2 heterocycles. The highest BCUT2D eigenvalue weighted by Crippen LogP contribution is 2.40. The molecule has 1 aromatic carbocycles.